The fourth-order valence-electron chi connectivity index (χ4n) is 2.79. The maximum Gasteiger partial charge on any atom is 0.323 e. The highest BCUT2D eigenvalue weighted by atomic mass is 16.2. The molecule has 0 spiro atoms. The molecule has 2 aromatic carbocycles. The number of hydrogen-bond donors (Lipinski definition) is 1. The van der Waals surface area contributed by atoms with E-state index in [9.17, 15) is 4.79 Å². The van der Waals surface area contributed by atoms with Crippen molar-refractivity contribution in [2.24, 2.45) is 5.73 Å². The molecule has 0 aliphatic rings. The number of allylic oxidation sites excluding steroid dienone is 1. The van der Waals surface area contributed by atoms with Gasteiger partial charge in [0.25, 0.3) is 0 Å². The van der Waals surface area contributed by atoms with Crippen molar-refractivity contribution in [3.63, 3.8) is 0 Å². The van der Waals surface area contributed by atoms with Crippen LogP contribution in [0.4, 0.5) is 4.79 Å². The SMILES string of the molecule is C=CCc1c(-c2ccccc2)n(C(N)=O)c2ccccc12. The van der Waals surface area contributed by atoms with E-state index in [4.69, 9.17) is 5.73 Å². The summed E-state index contributed by atoms with van der Waals surface area (Å²) >= 11 is 0. The molecule has 0 aliphatic carbocycles. The Morgan fingerprint density at radius 2 is 1.76 bits per heavy atom. The van der Waals surface area contributed by atoms with Crippen molar-refractivity contribution < 1.29 is 4.79 Å². The van der Waals surface area contributed by atoms with Crippen molar-refractivity contribution in [1.82, 2.24) is 4.57 Å². The average molecular weight is 276 g/mol. The molecule has 3 nitrogen and oxygen atoms in total. The minimum atomic E-state index is -0.472. The number of rotatable bonds is 3. The van der Waals surface area contributed by atoms with Crippen LogP contribution in [0.1, 0.15) is 5.56 Å². The molecule has 0 bridgehead atoms. The number of carbonyl (C=O) groups excluding carboxylic acids is 1. The van der Waals surface area contributed by atoms with Crippen LogP contribution in [-0.4, -0.2) is 10.6 Å². The van der Waals surface area contributed by atoms with Crippen molar-refractivity contribution >= 4 is 16.9 Å². The average Bonchev–Trinajstić information content (AvgIpc) is 2.83. The second-order valence-corrected chi connectivity index (χ2v) is 4.88. The molecule has 1 aromatic heterocycles. The van der Waals surface area contributed by atoms with Crippen molar-refractivity contribution in [2.45, 2.75) is 6.42 Å². The third-order valence-corrected chi connectivity index (χ3v) is 3.60. The third-order valence-electron chi connectivity index (χ3n) is 3.60. The molecule has 1 heterocycles. The summed E-state index contributed by atoms with van der Waals surface area (Å²) in [6.07, 6.45) is 2.53. The lowest BCUT2D eigenvalue weighted by atomic mass is 10.0. The Bertz CT molecular complexity index is 816. The minimum absolute atomic E-state index is 0.472. The topological polar surface area (TPSA) is 48.0 Å². The maximum absolute atomic E-state index is 12.0. The highest BCUT2D eigenvalue weighted by Crippen LogP contribution is 2.34. The van der Waals surface area contributed by atoms with Gasteiger partial charge in [0.15, 0.2) is 0 Å². The lowest BCUT2D eigenvalue weighted by Crippen LogP contribution is -2.20. The van der Waals surface area contributed by atoms with Crippen molar-refractivity contribution in [3.05, 3.63) is 72.8 Å². The summed E-state index contributed by atoms with van der Waals surface area (Å²) in [5, 5.41) is 1.04. The van der Waals surface area contributed by atoms with E-state index in [-0.39, 0.29) is 0 Å². The summed E-state index contributed by atoms with van der Waals surface area (Å²) < 4.78 is 1.59. The summed E-state index contributed by atoms with van der Waals surface area (Å²) in [6.45, 7) is 3.83. The quantitative estimate of drug-likeness (QED) is 0.723. The number of hydrogen-bond acceptors (Lipinski definition) is 1. The summed E-state index contributed by atoms with van der Waals surface area (Å²) in [5.41, 5.74) is 9.36. The smallest absolute Gasteiger partial charge is 0.323 e. The van der Waals surface area contributed by atoms with Crippen LogP contribution in [0.3, 0.4) is 0 Å². The second-order valence-electron chi connectivity index (χ2n) is 4.88. The molecule has 104 valence electrons. The number of benzene rings is 2. The molecule has 0 fully saturated rings. The summed E-state index contributed by atoms with van der Waals surface area (Å²) in [7, 11) is 0. The standard InChI is InChI=1S/C18H16N2O/c1-2-8-15-14-11-6-7-12-16(14)20(18(19)21)17(15)13-9-4-3-5-10-13/h2-7,9-12H,1,8H2,(H2,19,21). The van der Waals surface area contributed by atoms with Gasteiger partial charge >= 0.3 is 6.03 Å². The van der Waals surface area contributed by atoms with Gasteiger partial charge in [-0.1, -0.05) is 54.6 Å². The van der Waals surface area contributed by atoms with E-state index in [0.717, 1.165) is 27.7 Å². The number of fused-ring (bicyclic) bond motifs is 1. The van der Waals surface area contributed by atoms with E-state index in [0.29, 0.717) is 6.42 Å². The molecule has 0 atom stereocenters. The first-order valence-corrected chi connectivity index (χ1v) is 6.82. The number of nitrogens with zero attached hydrogens (tertiary/aromatic N) is 1. The van der Waals surface area contributed by atoms with E-state index < -0.39 is 6.03 Å². The number of nitrogens with two attached hydrogens (primary N) is 1. The second kappa shape index (κ2) is 5.29. The van der Waals surface area contributed by atoms with Crippen molar-refractivity contribution in [3.8, 4) is 11.3 Å². The predicted octanol–water partition coefficient (Wildman–Crippen LogP) is 3.96. The molecule has 3 aromatic rings. The van der Waals surface area contributed by atoms with E-state index in [1.807, 2.05) is 60.7 Å². The molecule has 0 unspecified atom stereocenters. The van der Waals surface area contributed by atoms with Crippen LogP contribution in [0.2, 0.25) is 0 Å². The van der Waals surface area contributed by atoms with E-state index in [1.54, 1.807) is 4.57 Å². The minimum Gasteiger partial charge on any atom is -0.351 e. The van der Waals surface area contributed by atoms with Crippen LogP contribution < -0.4 is 5.73 Å². The molecule has 0 radical (unpaired) electrons. The third kappa shape index (κ3) is 2.13. The summed E-state index contributed by atoms with van der Waals surface area (Å²) in [6, 6.07) is 17.2. The Hall–Kier alpha value is -2.81. The fourth-order valence-corrected chi connectivity index (χ4v) is 2.79. The Morgan fingerprint density at radius 3 is 2.43 bits per heavy atom. The van der Waals surface area contributed by atoms with E-state index in [1.165, 1.54) is 0 Å². The van der Waals surface area contributed by atoms with Crippen molar-refractivity contribution in [2.75, 3.05) is 0 Å². The maximum atomic E-state index is 12.0. The molecule has 1 amide bonds. The van der Waals surface area contributed by atoms with Crippen LogP contribution in [-0.2, 0) is 6.42 Å². The highest BCUT2D eigenvalue weighted by Gasteiger charge is 2.19. The number of primary amides is 1. The molecule has 0 saturated carbocycles. The molecule has 3 rings (SSSR count). The zero-order valence-electron chi connectivity index (χ0n) is 11.6. The highest BCUT2D eigenvalue weighted by molar-refractivity contribution is 6.00. The Morgan fingerprint density at radius 1 is 1.10 bits per heavy atom. The van der Waals surface area contributed by atoms with Gasteiger partial charge in [-0.3, -0.25) is 4.57 Å². The number of aromatic nitrogens is 1. The first-order valence-electron chi connectivity index (χ1n) is 6.82. The Kier molecular flexibility index (Phi) is 3.32. The summed E-state index contributed by atoms with van der Waals surface area (Å²) in [4.78, 5) is 12.0. The van der Waals surface area contributed by atoms with E-state index >= 15 is 0 Å². The molecule has 0 aliphatic heterocycles. The van der Waals surface area contributed by atoms with Gasteiger partial charge in [0.05, 0.1) is 11.2 Å². The normalized spacial score (nSPS) is 10.7. The summed E-state index contributed by atoms with van der Waals surface area (Å²) in [5.74, 6) is 0. The molecule has 21 heavy (non-hydrogen) atoms. The lowest BCUT2D eigenvalue weighted by molar-refractivity contribution is 0.251. The van der Waals surface area contributed by atoms with Gasteiger partial charge in [-0.2, -0.15) is 0 Å². The number of carbonyl (C=O) groups is 1. The number of amides is 1. The van der Waals surface area contributed by atoms with Gasteiger partial charge in [0, 0.05) is 5.39 Å². The van der Waals surface area contributed by atoms with Gasteiger partial charge < -0.3 is 5.73 Å². The van der Waals surface area contributed by atoms with Crippen molar-refractivity contribution in [1.29, 1.82) is 0 Å². The van der Waals surface area contributed by atoms with Crippen LogP contribution in [0.5, 0.6) is 0 Å². The zero-order valence-corrected chi connectivity index (χ0v) is 11.6. The number of para-hydroxylation sites is 1. The predicted molar refractivity (Wildman–Crippen MR) is 86.3 cm³/mol. The fraction of sp³-hybridized carbons (Fsp3) is 0.0556. The van der Waals surface area contributed by atoms with Crippen LogP contribution in [0.25, 0.3) is 22.2 Å². The molecule has 3 heteroatoms. The Labute approximate surface area is 123 Å². The van der Waals surface area contributed by atoms with Crippen LogP contribution in [0, 0.1) is 0 Å². The first kappa shape index (κ1) is 13.2. The lowest BCUT2D eigenvalue weighted by Gasteiger charge is -2.08. The van der Waals surface area contributed by atoms with Crippen LogP contribution >= 0.6 is 0 Å². The largest absolute Gasteiger partial charge is 0.351 e. The van der Waals surface area contributed by atoms with Gasteiger partial charge in [-0.15, -0.1) is 6.58 Å². The van der Waals surface area contributed by atoms with Gasteiger partial charge in [0.1, 0.15) is 0 Å². The molecular formula is C18H16N2O. The van der Waals surface area contributed by atoms with Gasteiger partial charge in [-0.05, 0) is 23.6 Å². The zero-order chi connectivity index (χ0) is 14.8. The van der Waals surface area contributed by atoms with Crippen LogP contribution in [0.15, 0.2) is 67.3 Å². The van der Waals surface area contributed by atoms with E-state index in [2.05, 4.69) is 6.58 Å². The Balaban J connectivity index is 2.45. The van der Waals surface area contributed by atoms with Gasteiger partial charge in [-0.25, -0.2) is 4.79 Å². The monoisotopic (exact) mass is 276 g/mol. The molecule has 2 N–H and O–H groups in total. The molecular weight excluding hydrogens is 260 g/mol. The molecule has 0 saturated heterocycles. The first-order chi connectivity index (χ1) is 10.2. The van der Waals surface area contributed by atoms with Gasteiger partial charge in [0.2, 0.25) is 0 Å².